The Morgan fingerprint density at radius 3 is 3.06 bits per heavy atom. The summed E-state index contributed by atoms with van der Waals surface area (Å²) in [7, 11) is 0. The van der Waals surface area contributed by atoms with Crippen molar-refractivity contribution in [1.29, 1.82) is 0 Å². The average molecular weight is 252 g/mol. The summed E-state index contributed by atoms with van der Waals surface area (Å²) in [5.41, 5.74) is 0.168. The van der Waals surface area contributed by atoms with Crippen molar-refractivity contribution >= 4 is 17.6 Å². The van der Waals surface area contributed by atoms with E-state index in [1.54, 1.807) is 16.9 Å². The standard InChI is InChI=1S/C11H10ClN3O2/c1-2-15-7-9(6-14-15)17-11(16)10-5-8(12)3-4-13-10/h3-7H,2H2,1H3. The first-order valence-electron chi connectivity index (χ1n) is 5.05. The molecular weight excluding hydrogens is 242 g/mol. The van der Waals surface area contributed by atoms with Crippen molar-refractivity contribution in [2.75, 3.05) is 0 Å². The third kappa shape index (κ3) is 2.82. The molecule has 0 fully saturated rings. The minimum Gasteiger partial charge on any atom is -0.418 e. The van der Waals surface area contributed by atoms with Crippen molar-refractivity contribution in [1.82, 2.24) is 14.8 Å². The van der Waals surface area contributed by atoms with Gasteiger partial charge < -0.3 is 4.74 Å². The van der Waals surface area contributed by atoms with Gasteiger partial charge in [-0.1, -0.05) is 11.6 Å². The van der Waals surface area contributed by atoms with Gasteiger partial charge in [0.05, 0.1) is 12.4 Å². The number of carbonyl (C=O) groups is 1. The molecule has 0 aliphatic carbocycles. The fourth-order valence-electron chi connectivity index (χ4n) is 1.25. The van der Waals surface area contributed by atoms with Crippen molar-refractivity contribution in [3.05, 3.63) is 41.4 Å². The Morgan fingerprint density at radius 1 is 1.59 bits per heavy atom. The number of aromatic nitrogens is 3. The second-order valence-electron chi connectivity index (χ2n) is 3.28. The summed E-state index contributed by atoms with van der Waals surface area (Å²) in [6.07, 6.45) is 4.57. The lowest BCUT2D eigenvalue weighted by Gasteiger charge is -2.00. The summed E-state index contributed by atoms with van der Waals surface area (Å²) in [5.74, 6) is -0.165. The number of carbonyl (C=O) groups excluding carboxylic acids is 1. The highest BCUT2D eigenvalue weighted by molar-refractivity contribution is 6.30. The van der Waals surface area contributed by atoms with Crippen LogP contribution in [0.4, 0.5) is 0 Å². The van der Waals surface area contributed by atoms with E-state index in [9.17, 15) is 4.79 Å². The van der Waals surface area contributed by atoms with Crippen molar-refractivity contribution in [3.8, 4) is 5.75 Å². The lowest BCUT2D eigenvalue weighted by Crippen LogP contribution is -2.09. The molecule has 17 heavy (non-hydrogen) atoms. The average Bonchev–Trinajstić information content (AvgIpc) is 2.77. The first-order valence-corrected chi connectivity index (χ1v) is 5.43. The van der Waals surface area contributed by atoms with Crippen LogP contribution in [-0.4, -0.2) is 20.7 Å². The van der Waals surface area contributed by atoms with Crippen LogP contribution in [0.5, 0.6) is 5.75 Å². The fourth-order valence-corrected chi connectivity index (χ4v) is 1.41. The highest BCUT2D eigenvalue weighted by atomic mass is 35.5. The van der Waals surface area contributed by atoms with Crippen LogP contribution in [0.15, 0.2) is 30.7 Å². The van der Waals surface area contributed by atoms with E-state index in [1.165, 1.54) is 18.5 Å². The maximum Gasteiger partial charge on any atom is 0.362 e. The van der Waals surface area contributed by atoms with Crippen LogP contribution in [0.2, 0.25) is 5.02 Å². The second kappa shape index (κ2) is 4.97. The van der Waals surface area contributed by atoms with E-state index in [0.29, 0.717) is 17.3 Å². The summed E-state index contributed by atoms with van der Waals surface area (Å²) in [5, 5.41) is 4.43. The highest BCUT2D eigenvalue weighted by Gasteiger charge is 2.11. The lowest BCUT2D eigenvalue weighted by atomic mass is 10.3. The van der Waals surface area contributed by atoms with Crippen LogP contribution in [0.1, 0.15) is 17.4 Å². The molecule has 2 rings (SSSR count). The monoisotopic (exact) mass is 251 g/mol. The van der Waals surface area contributed by atoms with E-state index in [0.717, 1.165) is 0 Å². The van der Waals surface area contributed by atoms with Crippen LogP contribution in [0, 0.1) is 0 Å². The van der Waals surface area contributed by atoms with Gasteiger partial charge in [-0.3, -0.25) is 4.68 Å². The molecule has 0 amide bonds. The van der Waals surface area contributed by atoms with Crippen LogP contribution in [0.3, 0.4) is 0 Å². The molecule has 88 valence electrons. The minimum absolute atomic E-state index is 0.168. The molecule has 0 saturated carbocycles. The number of hydrogen-bond donors (Lipinski definition) is 0. The Hall–Kier alpha value is -1.88. The van der Waals surface area contributed by atoms with Gasteiger partial charge in [-0.2, -0.15) is 5.10 Å². The molecule has 0 bridgehead atoms. The highest BCUT2D eigenvalue weighted by Crippen LogP contribution is 2.13. The van der Waals surface area contributed by atoms with E-state index in [4.69, 9.17) is 16.3 Å². The van der Waals surface area contributed by atoms with Gasteiger partial charge in [0.1, 0.15) is 5.69 Å². The summed E-state index contributed by atoms with van der Waals surface area (Å²) < 4.78 is 6.76. The summed E-state index contributed by atoms with van der Waals surface area (Å²) >= 11 is 5.75. The first-order chi connectivity index (χ1) is 8.19. The van der Waals surface area contributed by atoms with E-state index >= 15 is 0 Å². The number of nitrogens with zero attached hydrogens (tertiary/aromatic N) is 3. The van der Waals surface area contributed by atoms with Crippen LogP contribution in [0.25, 0.3) is 0 Å². The molecule has 0 aliphatic rings. The number of halogens is 1. The molecule has 2 aromatic heterocycles. The van der Waals surface area contributed by atoms with Crippen molar-refractivity contribution in [2.24, 2.45) is 0 Å². The Balaban J connectivity index is 2.11. The molecule has 0 unspecified atom stereocenters. The molecule has 0 aliphatic heterocycles. The van der Waals surface area contributed by atoms with Crippen LogP contribution < -0.4 is 4.74 Å². The van der Waals surface area contributed by atoms with Gasteiger partial charge in [-0.25, -0.2) is 9.78 Å². The zero-order chi connectivity index (χ0) is 12.3. The maximum absolute atomic E-state index is 11.7. The van der Waals surface area contributed by atoms with E-state index in [2.05, 4.69) is 10.1 Å². The molecule has 0 atom stereocenters. The predicted octanol–water partition coefficient (Wildman–Crippen LogP) is 2.17. The van der Waals surface area contributed by atoms with Gasteiger partial charge in [0.25, 0.3) is 0 Å². The zero-order valence-corrected chi connectivity index (χ0v) is 9.89. The SMILES string of the molecule is CCn1cc(OC(=O)c2cc(Cl)ccn2)cn1. The Labute approximate surface area is 103 Å². The molecule has 6 heteroatoms. The van der Waals surface area contributed by atoms with Gasteiger partial charge in [-0.15, -0.1) is 0 Å². The molecule has 0 N–H and O–H groups in total. The molecule has 0 spiro atoms. The maximum atomic E-state index is 11.7. The predicted molar refractivity (Wildman–Crippen MR) is 62.1 cm³/mol. The van der Waals surface area contributed by atoms with Crippen molar-refractivity contribution in [2.45, 2.75) is 13.5 Å². The minimum atomic E-state index is -0.553. The number of aryl methyl sites for hydroxylation is 1. The molecule has 5 nitrogen and oxygen atoms in total. The molecule has 0 saturated heterocycles. The van der Waals surface area contributed by atoms with Gasteiger partial charge in [0, 0.05) is 17.8 Å². The van der Waals surface area contributed by atoms with E-state index < -0.39 is 5.97 Å². The van der Waals surface area contributed by atoms with Gasteiger partial charge in [-0.05, 0) is 19.1 Å². The topological polar surface area (TPSA) is 57.0 Å². The third-order valence-electron chi connectivity index (χ3n) is 2.08. The van der Waals surface area contributed by atoms with Crippen molar-refractivity contribution < 1.29 is 9.53 Å². The molecule has 2 heterocycles. The van der Waals surface area contributed by atoms with E-state index in [-0.39, 0.29) is 5.69 Å². The summed E-state index contributed by atoms with van der Waals surface area (Å²) in [4.78, 5) is 15.6. The molecule has 0 radical (unpaired) electrons. The number of ether oxygens (including phenoxy) is 1. The van der Waals surface area contributed by atoms with Gasteiger partial charge in [0.2, 0.25) is 0 Å². The Bertz CT molecular complexity index is 539. The number of rotatable bonds is 3. The fraction of sp³-hybridized carbons (Fsp3) is 0.182. The van der Waals surface area contributed by atoms with E-state index in [1.807, 2.05) is 6.92 Å². The second-order valence-corrected chi connectivity index (χ2v) is 3.72. The number of esters is 1. The number of hydrogen-bond acceptors (Lipinski definition) is 4. The zero-order valence-electron chi connectivity index (χ0n) is 9.13. The lowest BCUT2D eigenvalue weighted by molar-refractivity contribution is 0.0728. The molecule has 0 aromatic carbocycles. The van der Waals surface area contributed by atoms with Gasteiger partial charge in [0.15, 0.2) is 5.75 Å². The van der Waals surface area contributed by atoms with Crippen LogP contribution in [-0.2, 0) is 6.54 Å². The Kier molecular flexibility index (Phi) is 3.39. The number of pyridine rings is 1. The summed E-state index contributed by atoms with van der Waals surface area (Å²) in [6.45, 7) is 2.66. The molecular formula is C11H10ClN3O2. The largest absolute Gasteiger partial charge is 0.418 e. The van der Waals surface area contributed by atoms with Crippen LogP contribution >= 0.6 is 11.6 Å². The molecule has 2 aromatic rings. The first kappa shape index (κ1) is 11.6. The van der Waals surface area contributed by atoms with Gasteiger partial charge >= 0.3 is 5.97 Å². The Morgan fingerprint density at radius 2 is 2.41 bits per heavy atom. The quantitative estimate of drug-likeness (QED) is 0.785. The normalized spacial score (nSPS) is 10.2. The third-order valence-corrected chi connectivity index (χ3v) is 2.31. The summed E-state index contributed by atoms with van der Waals surface area (Å²) in [6, 6.07) is 3.04. The smallest absolute Gasteiger partial charge is 0.362 e. The van der Waals surface area contributed by atoms with Crippen molar-refractivity contribution in [3.63, 3.8) is 0 Å².